The fourth-order valence-electron chi connectivity index (χ4n) is 3.29. The van der Waals surface area contributed by atoms with Crippen LogP contribution >= 0.6 is 0 Å². The Bertz CT molecular complexity index is 785. The summed E-state index contributed by atoms with van der Waals surface area (Å²) in [5, 5.41) is 0. The smallest absolute Gasteiger partial charge is 0.226 e. The molecule has 6 heteroatoms. The molecule has 1 aromatic carbocycles. The van der Waals surface area contributed by atoms with Crippen molar-refractivity contribution in [3.8, 4) is 0 Å². The van der Waals surface area contributed by atoms with E-state index in [-0.39, 0.29) is 17.5 Å². The zero-order valence-corrected chi connectivity index (χ0v) is 15.7. The number of halogens is 1. The Morgan fingerprint density at radius 2 is 1.96 bits per heavy atom. The monoisotopic (exact) mass is 356 g/mol. The second-order valence-corrected chi connectivity index (χ2v) is 7.31. The van der Waals surface area contributed by atoms with E-state index in [2.05, 4.69) is 41.2 Å². The molecule has 1 fully saturated rings. The van der Waals surface area contributed by atoms with E-state index in [0.717, 1.165) is 13.1 Å². The van der Waals surface area contributed by atoms with Gasteiger partial charge in [0.2, 0.25) is 5.95 Å². The van der Waals surface area contributed by atoms with Crippen molar-refractivity contribution < 1.29 is 9.18 Å². The zero-order chi connectivity index (χ0) is 18.8. The van der Waals surface area contributed by atoms with Gasteiger partial charge in [0.15, 0.2) is 11.6 Å². The Morgan fingerprint density at radius 1 is 1.31 bits per heavy atom. The van der Waals surface area contributed by atoms with E-state index in [0.29, 0.717) is 24.1 Å². The van der Waals surface area contributed by atoms with Gasteiger partial charge in [-0.25, -0.2) is 9.37 Å². The third-order valence-electron chi connectivity index (χ3n) is 4.86. The number of aromatic nitrogens is 2. The Kier molecular flexibility index (Phi) is 5.20. The molecule has 1 atom stereocenters. The van der Waals surface area contributed by atoms with Crippen molar-refractivity contribution in [3.05, 3.63) is 47.4 Å². The molecule has 2 aromatic rings. The van der Waals surface area contributed by atoms with E-state index >= 15 is 0 Å². The quantitative estimate of drug-likeness (QED) is 0.794. The molecule has 1 aliphatic heterocycles. The highest BCUT2D eigenvalue weighted by Gasteiger charge is 2.31. The highest BCUT2D eigenvalue weighted by atomic mass is 19.1. The molecule has 2 heterocycles. The van der Waals surface area contributed by atoms with E-state index in [1.165, 1.54) is 17.3 Å². The third-order valence-corrected chi connectivity index (χ3v) is 4.86. The van der Waals surface area contributed by atoms with E-state index < -0.39 is 0 Å². The van der Waals surface area contributed by atoms with Gasteiger partial charge in [0.05, 0.1) is 6.20 Å². The molecule has 0 N–H and O–H groups in total. The lowest BCUT2D eigenvalue weighted by Crippen LogP contribution is -2.46. The number of hydrogen-bond acceptors (Lipinski definition) is 5. The molecular formula is C20H25FN4O. The second-order valence-electron chi connectivity index (χ2n) is 7.31. The molecule has 0 radical (unpaired) electrons. The van der Waals surface area contributed by atoms with E-state index in [4.69, 9.17) is 0 Å². The van der Waals surface area contributed by atoms with Gasteiger partial charge in [0.25, 0.3) is 0 Å². The van der Waals surface area contributed by atoms with Crippen LogP contribution < -0.4 is 9.80 Å². The van der Waals surface area contributed by atoms with Gasteiger partial charge in [-0.05, 0) is 24.0 Å². The van der Waals surface area contributed by atoms with Crippen LogP contribution in [-0.4, -0.2) is 42.9 Å². The lowest BCUT2D eigenvalue weighted by atomic mass is 9.88. The summed E-state index contributed by atoms with van der Waals surface area (Å²) < 4.78 is 14.1. The minimum Gasteiger partial charge on any atom is -0.353 e. The summed E-state index contributed by atoms with van der Waals surface area (Å²) in [6.07, 6.45) is 1.80. The molecule has 5 nitrogen and oxygen atoms in total. The van der Waals surface area contributed by atoms with Crippen LogP contribution in [0.15, 0.2) is 30.5 Å². The molecular weight excluding hydrogens is 331 g/mol. The van der Waals surface area contributed by atoms with Crippen LogP contribution in [0.4, 0.5) is 16.2 Å². The van der Waals surface area contributed by atoms with Crippen LogP contribution in [-0.2, 0) is 4.79 Å². The minimum absolute atomic E-state index is 0.209. The third kappa shape index (κ3) is 3.84. The topological polar surface area (TPSA) is 49.3 Å². The number of ketones is 1. The largest absolute Gasteiger partial charge is 0.353 e. The van der Waals surface area contributed by atoms with Gasteiger partial charge in [-0.3, -0.25) is 0 Å². The summed E-state index contributed by atoms with van der Waals surface area (Å²) in [7, 11) is 3.68. The fourth-order valence-corrected chi connectivity index (χ4v) is 3.29. The Balaban J connectivity index is 1.65. The number of carbonyl (C=O) groups excluding carboxylic acids is 1. The predicted molar refractivity (Wildman–Crippen MR) is 101 cm³/mol. The molecule has 0 spiro atoms. The summed E-state index contributed by atoms with van der Waals surface area (Å²) in [5.74, 6) is 1.30. The van der Waals surface area contributed by atoms with Crippen molar-refractivity contribution in [1.82, 2.24) is 9.97 Å². The number of carbonyl (C=O) groups is 1. The Hall–Kier alpha value is -2.50. The van der Waals surface area contributed by atoms with Crippen LogP contribution in [0.2, 0.25) is 0 Å². The summed E-state index contributed by atoms with van der Waals surface area (Å²) in [6, 6.07) is 8.44. The summed E-state index contributed by atoms with van der Waals surface area (Å²) in [5.41, 5.74) is 2.42. The van der Waals surface area contributed by atoms with Crippen LogP contribution in [0.25, 0.3) is 0 Å². The van der Waals surface area contributed by atoms with Crippen molar-refractivity contribution in [2.24, 2.45) is 0 Å². The minimum atomic E-state index is -0.387. The van der Waals surface area contributed by atoms with Gasteiger partial charge in [0, 0.05) is 39.5 Å². The highest BCUT2D eigenvalue weighted by Crippen LogP contribution is 2.33. The molecule has 0 amide bonds. The van der Waals surface area contributed by atoms with Gasteiger partial charge in [-0.2, -0.15) is 4.98 Å². The van der Waals surface area contributed by atoms with Crippen molar-refractivity contribution in [2.45, 2.75) is 32.1 Å². The van der Waals surface area contributed by atoms with Crippen LogP contribution in [0.5, 0.6) is 0 Å². The van der Waals surface area contributed by atoms with Crippen molar-refractivity contribution in [1.29, 1.82) is 0 Å². The summed E-state index contributed by atoms with van der Waals surface area (Å²) in [6.45, 7) is 5.18. The highest BCUT2D eigenvalue weighted by molar-refractivity contribution is 5.76. The SMILES string of the molecule is CC(=O)C[C@@H](C)c1ccc(C2CN(c3nc(N(C)C)ncc3F)C2)cc1. The van der Waals surface area contributed by atoms with Crippen LogP contribution in [0.3, 0.4) is 0 Å². The molecule has 0 bridgehead atoms. The zero-order valence-electron chi connectivity index (χ0n) is 15.7. The lowest BCUT2D eigenvalue weighted by Gasteiger charge is -2.40. The molecule has 3 rings (SSSR count). The van der Waals surface area contributed by atoms with Crippen LogP contribution in [0.1, 0.15) is 43.2 Å². The molecule has 1 aromatic heterocycles. The molecule has 1 aliphatic rings. The summed E-state index contributed by atoms with van der Waals surface area (Å²) >= 11 is 0. The molecule has 26 heavy (non-hydrogen) atoms. The molecule has 0 aliphatic carbocycles. The first kappa shape index (κ1) is 18.3. The predicted octanol–water partition coefficient (Wildman–Crippen LogP) is 3.37. The van der Waals surface area contributed by atoms with Crippen molar-refractivity contribution in [3.63, 3.8) is 0 Å². The maximum absolute atomic E-state index is 14.1. The lowest BCUT2D eigenvalue weighted by molar-refractivity contribution is -0.117. The van der Waals surface area contributed by atoms with Gasteiger partial charge < -0.3 is 14.6 Å². The van der Waals surface area contributed by atoms with Crippen molar-refractivity contribution >= 4 is 17.5 Å². The van der Waals surface area contributed by atoms with Gasteiger partial charge in [-0.15, -0.1) is 0 Å². The number of anilines is 2. The van der Waals surface area contributed by atoms with Gasteiger partial charge in [-0.1, -0.05) is 31.2 Å². The van der Waals surface area contributed by atoms with Crippen molar-refractivity contribution in [2.75, 3.05) is 37.0 Å². The maximum atomic E-state index is 14.1. The number of hydrogen-bond donors (Lipinski definition) is 0. The van der Waals surface area contributed by atoms with Crippen LogP contribution in [0, 0.1) is 5.82 Å². The summed E-state index contributed by atoms with van der Waals surface area (Å²) in [4.78, 5) is 23.3. The van der Waals surface area contributed by atoms with E-state index in [1.807, 2.05) is 19.0 Å². The maximum Gasteiger partial charge on any atom is 0.226 e. The van der Waals surface area contributed by atoms with E-state index in [9.17, 15) is 9.18 Å². The fraction of sp³-hybridized carbons (Fsp3) is 0.450. The molecule has 138 valence electrons. The second kappa shape index (κ2) is 7.40. The first-order valence-corrected chi connectivity index (χ1v) is 8.89. The molecule has 0 unspecified atom stereocenters. The number of rotatable bonds is 6. The number of benzene rings is 1. The number of Topliss-reactive ketones (excluding diaryl/α,β-unsaturated/α-hetero) is 1. The molecule has 1 saturated heterocycles. The molecule has 0 saturated carbocycles. The van der Waals surface area contributed by atoms with Gasteiger partial charge in [0.1, 0.15) is 5.78 Å². The Morgan fingerprint density at radius 3 is 2.54 bits per heavy atom. The first-order chi connectivity index (χ1) is 12.3. The Labute approximate surface area is 153 Å². The van der Waals surface area contributed by atoms with Gasteiger partial charge >= 0.3 is 0 Å². The average molecular weight is 356 g/mol. The first-order valence-electron chi connectivity index (χ1n) is 8.89. The normalized spacial score (nSPS) is 15.5. The number of nitrogens with zero attached hydrogens (tertiary/aromatic N) is 4. The van der Waals surface area contributed by atoms with E-state index in [1.54, 1.807) is 11.8 Å². The standard InChI is InChI=1S/C20H25FN4O/c1-13(9-14(2)26)15-5-7-16(8-6-15)17-11-25(12-17)19-18(21)10-22-20(23-19)24(3)4/h5-8,10,13,17H,9,11-12H2,1-4H3/t13-/m1/s1. The average Bonchev–Trinajstić information content (AvgIpc) is 2.55.